The number of halogens is 6. The summed E-state index contributed by atoms with van der Waals surface area (Å²) in [6, 6.07) is 0.426. The molecule has 1 aromatic heterocycles. The predicted molar refractivity (Wildman–Crippen MR) is 33.5 cm³/mol. The first kappa shape index (κ1) is 10.2. The number of nitrogens with one attached hydrogen (secondary N) is 1. The van der Waals surface area contributed by atoms with E-state index in [4.69, 9.17) is 11.6 Å². The van der Waals surface area contributed by atoms with Gasteiger partial charge in [-0.1, -0.05) is 11.6 Å². The first-order valence-corrected chi connectivity index (χ1v) is 3.29. The van der Waals surface area contributed by atoms with Crippen LogP contribution in [0, 0.1) is 0 Å². The maximum Gasteiger partial charge on any atom is 0.459 e. The van der Waals surface area contributed by atoms with E-state index in [2.05, 4.69) is 5.10 Å². The van der Waals surface area contributed by atoms with Gasteiger partial charge < -0.3 is 0 Å². The van der Waals surface area contributed by atoms with E-state index in [1.54, 1.807) is 0 Å². The largest absolute Gasteiger partial charge is 0.459 e. The molecule has 1 heterocycles. The number of alkyl halides is 5. The van der Waals surface area contributed by atoms with Crippen molar-refractivity contribution in [3.63, 3.8) is 0 Å². The lowest BCUT2D eigenvalue weighted by Crippen LogP contribution is -2.33. The highest BCUT2D eigenvalue weighted by Crippen LogP contribution is 2.43. The Labute approximate surface area is 73.7 Å². The fourth-order valence-electron chi connectivity index (χ4n) is 0.611. The highest BCUT2D eigenvalue weighted by molar-refractivity contribution is 6.29. The molecule has 1 aromatic rings. The van der Waals surface area contributed by atoms with Crippen molar-refractivity contribution >= 4 is 11.6 Å². The lowest BCUT2D eigenvalue weighted by molar-refractivity contribution is -0.290. The van der Waals surface area contributed by atoms with Crippen molar-refractivity contribution < 1.29 is 22.0 Å². The van der Waals surface area contributed by atoms with Crippen LogP contribution in [-0.4, -0.2) is 16.4 Å². The first-order chi connectivity index (χ1) is 5.75. The molecule has 0 aliphatic carbocycles. The Balaban J connectivity index is 3.07. The van der Waals surface area contributed by atoms with Gasteiger partial charge in [0.15, 0.2) is 5.15 Å². The molecule has 13 heavy (non-hydrogen) atoms. The van der Waals surface area contributed by atoms with Crippen molar-refractivity contribution in [3.05, 3.63) is 16.9 Å². The SMILES string of the molecule is FC(F)(F)C(F)(F)c1cc(Cl)n[nH]1. The minimum atomic E-state index is -5.65. The van der Waals surface area contributed by atoms with E-state index < -0.39 is 22.9 Å². The molecule has 2 nitrogen and oxygen atoms in total. The highest BCUT2D eigenvalue weighted by atomic mass is 35.5. The van der Waals surface area contributed by atoms with Crippen LogP contribution in [0.3, 0.4) is 0 Å². The van der Waals surface area contributed by atoms with Crippen LogP contribution in [0.2, 0.25) is 5.15 Å². The van der Waals surface area contributed by atoms with Gasteiger partial charge in [-0.25, -0.2) is 0 Å². The molecule has 0 fully saturated rings. The second-order valence-corrected chi connectivity index (χ2v) is 2.56. The quantitative estimate of drug-likeness (QED) is 0.725. The Hall–Kier alpha value is -0.850. The van der Waals surface area contributed by atoms with E-state index >= 15 is 0 Å². The molecule has 1 N–H and O–H groups in total. The Morgan fingerprint density at radius 2 is 1.77 bits per heavy atom. The van der Waals surface area contributed by atoms with Gasteiger partial charge in [0.25, 0.3) is 0 Å². The van der Waals surface area contributed by atoms with Gasteiger partial charge in [0.1, 0.15) is 5.69 Å². The molecule has 0 saturated carbocycles. The third-order valence-corrected chi connectivity index (χ3v) is 1.43. The third kappa shape index (κ3) is 1.74. The molecular formula is C5H2ClF5N2. The molecule has 0 atom stereocenters. The van der Waals surface area contributed by atoms with Gasteiger partial charge in [0.05, 0.1) is 0 Å². The number of aromatic nitrogens is 2. The lowest BCUT2D eigenvalue weighted by atomic mass is 10.2. The topological polar surface area (TPSA) is 28.7 Å². The van der Waals surface area contributed by atoms with Crippen molar-refractivity contribution in [1.82, 2.24) is 10.2 Å². The number of aromatic amines is 1. The Kier molecular flexibility index (Phi) is 2.23. The summed E-state index contributed by atoms with van der Waals surface area (Å²) < 4.78 is 59.9. The third-order valence-electron chi connectivity index (χ3n) is 1.24. The van der Waals surface area contributed by atoms with Crippen LogP contribution < -0.4 is 0 Å². The van der Waals surface area contributed by atoms with Crippen LogP contribution in [0.25, 0.3) is 0 Å². The van der Waals surface area contributed by atoms with Crippen molar-refractivity contribution in [3.8, 4) is 0 Å². The van der Waals surface area contributed by atoms with Gasteiger partial charge in [-0.3, -0.25) is 5.10 Å². The monoisotopic (exact) mass is 220 g/mol. The van der Waals surface area contributed by atoms with Crippen LogP contribution in [-0.2, 0) is 5.92 Å². The van der Waals surface area contributed by atoms with E-state index in [1.807, 2.05) is 0 Å². The molecule has 0 saturated heterocycles. The summed E-state index contributed by atoms with van der Waals surface area (Å²) in [6.07, 6.45) is -5.65. The molecule has 0 aliphatic heterocycles. The number of nitrogens with zero attached hydrogens (tertiary/aromatic N) is 1. The van der Waals surface area contributed by atoms with Gasteiger partial charge in [-0.15, -0.1) is 0 Å². The summed E-state index contributed by atoms with van der Waals surface area (Å²) in [6.45, 7) is 0. The van der Waals surface area contributed by atoms with Crippen LogP contribution in [0.4, 0.5) is 22.0 Å². The maximum absolute atomic E-state index is 12.4. The Morgan fingerprint density at radius 1 is 1.23 bits per heavy atom. The normalized spacial score (nSPS) is 13.4. The summed E-state index contributed by atoms with van der Waals surface area (Å²) in [7, 11) is 0. The second kappa shape index (κ2) is 2.83. The van der Waals surface area contributed by atoms with E-state index in [-0.39, 0.29) is 0 Å². The minimum Gasteiger partial charge on any atom is -0.275 e. The number of hydrogen-bond donors (Lipinski definition) is 1. The Morgan fingerprint density at radius 3 is 2.08 bits per heavy atom. The maximum atomic E-state index is 12.4. The van der Waals surface area contributed by atoms with Crippen molar-refractivity contribution in [1.29, 1.82) is 0 Å². The van der Waals surface area contributed by atoms with Gasteiger partial charge in [-0.05, 0) is 0 Å². The number of H-pyrrole nitrogens is 1. The van der Waals surface area contributed by atoms with E-state index in [9.17, 15) is 22.0 Å². The molecule has 1 rings (SSSR count). The highest BCUT2D eigenvalue weighted by Gasteiger charge is 2.60. The molecule has 8 heteroatoms. The molecule has 0 aliphatic rings. The summed E-state index contributed by atoms with van der Waals surface area (Å²) >= 11 is 5.07. The molecule has 74 valence electrons. The fourth-order valence-corrected chi connectivity index (χ4v) is 0.762. The van der Waals surface area contributed by atoms with Gasteiger partial charge in [0.2, 0.25) is 0 Å². The predicted octanol–water partition coefficient (Wildman–Crippen LogP) is 2.72. The molecular weight excluding hydrogens is 219 g/mol. The molecule has 0 unspecified atom stereocenters. The molecule has 0 radical (unpaired) electrons. The van der Waals surface area contributed by atoms with E-state index in [0.717, 1.165) is 0 Å². The number of rotatable bonds is 1. The molecule has 0 aromatic carbocycles. The summed E-state index contributed by atoms with van der Waals surface area (Å²) in [5.41, 5.74) is -1.37. The fraction of sp³-hybridized carbons (Fsp3) is 0.400. The molecule has 0 bridgehead atoms. The first-order valence-electron chi connectivity index (χ1n) is 2.91. The molecule has 0 spiro atoms. The molecule has 0 amide bonds. The van der Waals surface area contributed by atoms with Gasteiger partial charge in [0, 0.05) is 6.07 Å². The van der Waals surface area contributed by atoms with Crippen molar-refractivity contribution in [2.45, 2.75) is 12.1 Å². The van der Waals surface area contributed by atoms with Gasteiger partial charge in [-0.2, -0.15) is 27.1 Å². The smallest absolute Gasteiger partial charge is 0.275 e. The second-order valence-electron chi connectivity index (χ2n) is 2.18. The van der Waals surface area contributed by atoms with E-state index in [0.29, 0.717) is 6.07 Å². The van der Waals surface area contributed by atoms with Crippen molar-refractivity contribution in [2.75, 3.05) is 0 Å². The minimum absolute atomic E-state index is 0.426. The summed E-state index contributed by atoms with van der Waals surface area (Å²) in [4.78, 5) is 0. The average Bonchev–Trinajstić information content (AvgIpc) is 2.33. The zero-order chi connectivity index (χ0) is 10.3. The summed E-state index contributed by atoms with van der Waals surface area (Å²) in [5, 5.41) is 4.01. The van der Waals surface area contributed by atoms with E-state index in [1.165, 1.54) is 5.10 Å². The Bertz CT molecular complexity index is 304. The zero-order valence-electron chi connectivity index (χ0n) is 5.79. The van der Waals surface area contributed by atoms with Gasteiger partial charge >= 0.3 is 12.1 Å². The van der Waals surface area contributed by atoms with Crippen LogP contribution in [0.15, 0.2) is 6.07 Å². The van der Waals surface area contributed by atoms with Crippen LogP contribution in [0.5, 0.6) is 0 Å². The average molecular weight is 221 g/mol. The number of hydrogen-bond acceptors (Lipinski definition) is 1. The van der Waals surface area contributed by atoms with Crippen molar-refractivity contribution in [2.24, 2.45) is 0 Å². The van der Waals surface area contributed by atoms with Crippen LogP contribution >= 0.6 is 11.6 Å². The lowest BCUT2D eigenvalue weighted by Gasteiger charge is -2.17. The standard InChI is InChI=1S/C5H2ClF5N2/c6-3-1-2(12-13-3)4(7,8)5(9,10)11/h1H,(H,12,13). The zero-order valence-corrected chi connectivity index (χ0v) is 6.55. The summed E-state index contributed by atoms with van der Waals surface area (Å²) in [5.74, 6) is -4.95. The van der Waals surface area contributed by atoms with Crippen LogP contribution in [0.1, 0.15) is 5.69 Å².